The standard InChI is InChI=1S/C23H28N2O6S/c1-15(18-9-6-5-7-10-18)25(4)23(29)21(31-17(3)27)20(30-16(2)26)22(28)24-13-12-19-11-8-14-32-19/h5-11,14-15,20-21H,12-13H2,1-4H3,(H,24,28)/t15-,20?,21-/m1/s1. The van der Waals surface area contributed by atoms with Crippen LogP contribution in [0, 0.1) is 0 Å². The molecular weight excluding hydrogens is 432 g/mol. The van der Waals surface area contributed by atoms with Gasteiger partial charge in [-0.15, -0.1) is 11.3 Å². The lowest BCUT2D eigenvalue weighted by Gasteiger charge is -2.31. The van der Waals surface area contributed by atoms with Crippen LogP contribution < -0.4 is 5.32 Å². The van der Waals surface area contributed by atoms with Crippen molar-refractivity contribution < 1.29 is 28.7 Å². The van der Waals surface area contributed by atoms with E-state index in [-0.39, 0.29) is 12.6 Å². The molecule has 1 unspecified atom stereocenters. The average Bonchev–Trinajstić information content (AvgIpc) is 3.28. The second-order valence-electron chi connectivity index (χ2n) is 7.22. The molecule has 172 valence electrons. The molecule has 1 N–H and O–H groups in total. The zero-order valence-electron chi connectivity index (χ0n) is 18.6. The van der Waals surface area contributed by atoms with Crippen LogP contribution in [0.3, 0.4) is 0 Å². The van der Waals surface area contributed by atoms with Crippen molar-refractivity contribution >= 4 is 35.1 Å². The van der Waals surface area contributed by atoms with Gasteiger partial charge in [-0.05, 0) is 30.4 Å². The number of benzene rings is 1. The van der Waals surface area contributed by atoms with E-state index < -0.39 is 36.0 Å². The highest BCUT2D eigenvalue weighted by molar-refractivity contribution is 7.09. The van der Waals surface area contributed by atoms with Crippen LogP contribution in [0.5, 0.6) is 0 Å². The zero-order valence-corrected chi connectivity index (χ0v) is 19.4. The Bertz CT molecular complexity index is 916. The van der Waals surface area contributed by atoms with Gasteiger partial charge in [-0.2, -0.15) is 0 Å². The Kier molecular flexibility index (Phi) is 9.39. The summed E-state index contributed by atoms with van der Waals surface area (Å²) in [6.45, 7) is 4.33. The molecule has 0 spiro atoms. The van der Waals surface area contributed by atoms with Crippen molar-refractivity contribution in [1.82, 2.24) is 10.2 Å². The fraction of sp³-hybridized carbons (Fsp3) is 0.391. The predicted molar refractivity (Wildman–Crippen MR) is 120 cm³/mol. The molecule has 0 saturated carbocycles. The average molecular weight is 461 g/mol. The Balaban J connectivity index is 2.20. The van der Waals surface area contributed by atoms with E-state index in [0.29, 0.717) is 6.42 Å². The second kappa shape index (κ2) is 12.0. The number of amides is 2. The molecule has 1 aromatic heterocycles. The third-order valence-electron chi connectivity index (χ3n) is 4.82. The van der Waals surface area contributed by atoms with Gasteiger partial charge in [0.2, 0.25) is 12.2 Å². The smallest absolute Gasteiger partial charge is 0.303 e. The Labute approximate surface area is 191 Å². The maximum Gasteiger partial charge on any atom is 0.303 e. The number of nitrogens with one attached hydrogen (secondary N) is 1. The fourth-order valence-corrected chi connectivity index (χ4v) is 3.77. The molecule has 0 fully saturated rings. The SMILES string of the molecule is CC(=O)OC(C(=O)NCCc1cccs1)[C@@H](OC(C)=O)C(=O)N(C)[C@H](C)c1ccccc1. The molecule has 8 nitrogen and oxygen atoms in total. The van der Waals surface area contributed by atoms with E-state index in [4.69, 9.17) is 9.47 Å². The highest BCUT2D eigenvalue weighted by Gasteiger charge is 2.41. The number of ether oxygens (including phenoxy) is 2. The zero-order chi connectivity index (χ0) is 23.7. The molecule has 3 atom stereocenters. The van der Waals surface area contributed by atoms with Crippen molar-refractivity contribution in [3.63, 3.8) is 0 Å². The lowest BCUT2D eigenvalue weighted by molar-refractivity contribution is -0.178. The highest BCUT2D eigenvalue weighted by atomic mass is 32.1. The Morgan fingerprint density at radius 1 is 0.969 bits per heavy atom. The van der Waals surface area contributed by atoms with Crippen LogP contribution in [0.25, 0.3) is 0 Å². The van der Waals surface area contributed by atoms with Crippen molar-refractivity contribution in [1.29, 1.82) is 0 Å². The first kappa shape index (κ1) is 25.1. The molecule has 32 heavy (non-hydrogen) atoms. The van der Waals surface area contributed by atoms with E-state index in [0.717, 1.165) is 24.3 Å². The van der Waals surface area contributed by atoms with Gasteiger partial charge in [0.05, 0.1) is 6.04 Å². The van der Waals surface area contributed by atoms with Gasteiger partial charge < -0.3 is 19.7 Å². The number of likely N-dealkylation sites (N-methyl/N-ethyl adjacent to an activating group) is 1. The number of carbonyl (C=O) groups is 4. The first-order chi connectivity index (χ1) is 15.2. The van der Waals surface area contributed by atoms with E-state index >= 15 is 0 Å². The number of thiophene rings is 1. The maximum atomic E-state index is 13.3. The summed E-state index contributed by atoms with van der Waals surface area (Å²) in [7, 11) is 1.54. The van der Waals surface area contributed by atoms with E-state index in [1.54, 1.807) is 18.3 Å². The molecule has 9 heteroatoms. The summed E-state index contributed by atoms with van der Waals surface area (Å²) in [5, 5.41) is 4.59. The van der Waals surface area contributed by atoms with Crippen LogP contribution in [-0.4, -0.2) is 54.5 Å². The van der Waals surface area contributed by atoms with Crippen LogP contribution in [0.4, 0.5) is 0 Å². The lowest BCUT2D eigenvalue weighted by atomic mass is 10.1. The van der Waals surface area contributed by atoms with Crippen LogP contribution in [-0.2, 0) is 35.1 Å². The molecule has 0 aliphatic carbocycles. The predicted octanol–water partition coefficient (Wildman–Crippen LogP) is 2.49. The van der Waals surface area contributed by atoms with Gasteiger partial charge >= 0.3 is 11.9 Å². The van der Waals surface area contributed by atoms with Gasteiger partial charge in [0, 0.05) is 32.3 Å². The summed E-state index contributed by atoms with van der Waals surface area (Å²) < 4.78 is 10.3. The number of esters is 2. The number of rotatable bonds is 10. The lowest BCUT2D eigenvalue weighted by Crippen LogP contribution is -2.54. The van der Waals surface area contributed by atoms with E-state index in [1.807, 2.05) is 47.8 Å². The Morgan fingerprint density at radius 2 is 1.59 bits per heavy atom. The van der Waals surface area contributed by atoms with Gasteiger partial charge in [-0.25, -0.2) is 0 Å². The summed E-state index contributed by atoms with van der Waals surface area (Å²) in [6.07, 6.45) is -2.65. The van der Waals surface area contributed by atoms with Gasteiger partial charge in [0.15, 0.2) is 0 Å². The first-order valence-corrected chi connectivity index (χ1v) is 11.0. The van der Waals surface area contributed by atoms with Crippen LogP contribution in [0.15, 0.2) is 47.8 Å². The molecule has 0 saturated heterocycles. The molecule has 2 rings (SSSR count). The first-order valence-electron chi connectivity index (χ1n) is 10.2. The normalized spacial score (nSPS) is 13.4. The minimum absolute atomic E-state index is 0.272. The second-order valence-corrected chi connectivity index (χ2v) is 8.25. The fourth-order valence-electron chi connectivity index (χ4n) is 3.06. The summed E-state index contributed by atoms with van der Waals surface area (Å²) in [6, 6.07) is 12.7. The van der Waals surface area contributed by atoms with Crippen molar-refractivity contribution in [2.24, 2.45) is 0 Å². The van der Waals surface area contributed by atoms with Crippen LogP contribution in [0.2, 0.25) is 0 Å². The van der Waals surface area contributed by atoms with Crippen LogP contribution in [0.1, 0.15) is 37.3 Å². The molecule has 2 aromatic rings. The molecular formula is C23H28N2O6S. The Morgan fingerprint density at radius 3 is 2.16 bits per heavy atom. The topological polar surface area (TPSA) is 102 Å². The van der Waals surface area contributed by atoms with Gasteiger partial charge in [-0.1, -0.05) is 36.4 Å². The minimum atomic E-state index is -1.62. The molecule has 1 heterocycles. The largest absolute Gasteiger partial charge is 0.448 e. The number of hydrogen-bond donors (Lipinski definition) is 1. The van der Waals surface area contributed by atoms with E-state index in [1.165, 1.54) is 11.9 Å². The molecule has 0 aliphatic heterocycles. The van der Waals surface area contributed by atoms with Gasteiger partial charge in [0.25, 0.3) is 11.8 Å². The van der Waals surface area contributed by atoms with E-state index in [9.17, 15) is 19.2 Å². The summed E-state index contributed by atoms with van der Waals surface area (Å²) in [5.41, 5.74) is 0.856. The third kappa shape index (κ3) is 7.19. The number of carbonyl (C=O) groups excluding carboxylic acids is 4. The summed E-state index contributed by atoms with van der Waals surface area (Å²) >= 11 is 1.55. The Hall–Kier alpha value is -3.20. The number of nitrogens with zero attached hydrogens (tertiary/aromatic N) is 1. The van der Waals surface area contributed by atoms with Crippen molar-refractivity contribution in [2.75, 3.05) is 13.6 Å². The molecule has 0 aliphatic rings. The van der Waals surface area contributed by atoms with E-state index in [2.05, 4.69) is 5.32 Å². The van der Waals surface area contributed by atoms with Crippen molar-refractivity contribution in [2.45, 2.75) is 45.4 Å². The van der Waals surface area contributed by atoms with Gasteiger partial charge in [0.1, 0.15) is 0 Å². The van der Waals surface area contributed by atoms with Crippen molar-refractivity contribution in [3.8, 4) is 0 Å². The third-order valence-corrected chi connectivity index (χ3v) is 5.76. The maximum absolute atomic E-state index is 13.3. The molecule has 0 radical (unpaired) electrons. The summed E-state index contributed by atoms with van der Waals surface area (Å²) in [4.78, 5) is 52.0. The molecule has 1 aromatic carbocycles. The van der Waals surface area contributed by atoms with Crippen LogP contribution >= 0.6 is 11.3 Å². The van der Waals surface area contributed by atoms with Crippen molar-refractivity contribution in [3.05, 3.63) is 58.3 Å². The monoisotopic (exact) mass is 460 g/mol. The number of hydrogen-bond acceptors (Lipinski definition) is 7. The minimum Gasteiger partial charge on any atom is -0.448 e. The molecule has 0 bridgehead atoms. The molecule has 2 amide bonds. The quantitative estimate of drug-likeness (QED) is 0.547. The highest BCUT2D eigenvalue weighted by Crippen LogP contribution is 2.21. The summed E-state index contributed by atoms with van der Waals surface area (Å²) in [5.74, 6) is -2.91. The van der Waals surface area contributed by atoms with Gasteiger partial charge in [-0.3, -0.25) is 19.2 Å².